The largest absolute Gasteiger partial charge is 0.321 e. The van der Waals surface area contributed by atoms with Crippen LogP contribution < -0.4 is 5.73 Å². The third-order valence-corrected chi connectivity index (χ3v) is 2.33. The van der Waals surface area contributed by atoms with Crippen LogP contribution in [0.25, 0.3) is 0 Å². The number of nitrogens with one attached hydrogen (secondary N) is 1. The molecule has 0 bridgehead atoms. The van der Waals surface area contributed by atoms with E-state index in [1.807, 2.05) is 6.92 Å². The van der Waals surface area contributed by atoms with Crippen molar-refractivity contribution in [1.82, 2.24) is 0 Å². The van der Waals surface area contributed by atoms with Gasteiger partial charge < -0.3 is 11.1 Å². The van der Waals surface area contributed by atoms with Crippen LogP contribution in [0.15, 0.2) is 0 Å². The molecule has 4 nitrogen and oxygen atoms in total. The number of carbonyl (C=O) groups excluding carboxylic acids is 2. The van der Waals surface area contributed by atoms with E-state index in [4.69, 9.17) is 11.1 Å². The Kier molecular flexibility index (Phi) is 6.44. The normalized spacial score (nSPS) is 12.2. The molecule has 0 aromatic carbocycles. The Morgan fingerprint density at radius 1 is 1.62 bits per heavy atom. The Morgan fingerprint density at radius 3 is 2.69 bits per heavy atom. The minimum absolute atomic E-state index is 0.0831. The molecule has 0 aromatic heterocycles. The van der Waals surface area contributed by atoms with E-state index in [0.29, 0.717) is 12.2 Å². The summed E-state index contributed by atoms with van der Waals surface area (Å²) in [6, 6.07) is -0.575. The number of nitrogens with two attached hydrogens (primary N) is 1. The van der Waals surface area contributed by atoms with E-state index in [0.717, 1.165) is 6.21 Å². The van der Waals surface area contributed by atoms with Crippen molar-refractivity contribution in [3.63, 3.8) is 0 Å². The van der Waals surface area contributed by atoms with Crippen molar-refractivity contribution >= 4 is 28.9 Å². The molecule has 0 saturated carbocycles. The van der Waals surface area contributed by atoms with E-state index < -0.39 is 6.04 Å². The molecule has 0 aromatic rings. The first-order valence-corrected chi connectivity index (χ1v) is 5.05. The Hall–Kier alpha value is -0.680. The number of hydrogen-bond donors (Lipinski definition) is 2. The smallest absolute Gasteiger partial charge is 0.205 e. The number of rotatable bonds is 6. The SMILES string of the molecule is CCSC(=O)[C@@H](N)CCC(=O)C=N. The first kappa shape index (κ1) is 12.3. The maximum atomic E-state index is 11.1. The standard InChI is InChI=1S/C8H14N2O2S/c1-2-13-8(12)7(10)4-3-6(11)5-9/h5,7,9H,2-4,10H2,1H3/t7-/m0/s1. The van der Waals surface area contributed by atoms with Crippen LogP contribution in [0.3, 0.4) is 0 Å². The van der Waals surface area contributed by atoms with E-state index in [-0.39, 0.29) is 17.3 Å². The quantitative estimate of drug-likeness (QED) is 0.617. The van der Waals surface area contributed by atoms with Gasteiger partial charge in [-0.3, -0.25) is 9.59 Å². The number of ketones is 1. The summed E-state index contributed by atoms with van der Waals surface area (Å²) < 4.78 is 0. The molecule has 13 heavy (non-hydrogen) atoms. The molecule has 0 saturated heterocycles. The highest BCUT2D eigenvalue weighted by molar-refractivity contribution is 8.13. The summed E-state index contributed by atoms with van der Waals surface area (Å²) in [5, 5.41) is 6.55. The fourth-order valence-electron chi connectivity index (χ4n) is 0.737. The van der Waals surface area contributed by atoms with Gasteiger partial charge in [0.2, 0.25) is 5.12 Å². The highest BCUT2D eigenvalue weighted by atomic mass is 32.2. The summed E-state index contributed by atoms with van der Waals surface area (Å²) in [5.41, 5.74) is 5.51. The van der Waals surface area contributed by atoms with Crippen molar-refractivity contribution in [3.8, 4) is 0 Å². The molecule has 0 amide bonds. The minimum atomic E-state index is -0.575. The predicted molar refractivity (Wildman–Crippen MR) is 54.1 cm³/mol. The zero-order valence-electron chi connectivity index (χ0n) is 7.58. The number of carbonyl (C=O) groups is 2. The summed E-state index contributed by atoms with van der Waals surface area (Å²) in [6.45, 7) is 1.87. The monoisotopic (exact) mass is 202 g/mol. The Morgan fingerprint density at radius 2 is 2.23 bits per heavy atom. The van der Waals surface area contributed by atoms with E-state index in [1.165, 1.54) is 11.8 Å². The van der Waals surface area contributed by atoms with Crippen LogP contribution in [0.2, 0.25) is 0 Å². The molecule has 0 rings (SSSR count). The Bertz CT molecular complexity index is 206. The van der Waals surface area contributed by atoms with Crippen LogP contribution in [0.5, 0.6) is 0 Å². The van der Waals surface area contributed by atoms with Crippen molar-refractivity contribution in [2.24, 2.45) is 5.73 Å². The van der Waals surface area contributed by atoms with Crippen molar-refractivity contribution < 1.29 is 9.59 Å². The van der Waals surface area contributed by atoms with E-state index in [2.05, 4.69) is 0 Å². The highest BCUT2D eigenvalue weighted by Gasteiger charge is 2.13. The van der Waals surface area contributed by atoms with Gasteiger partial charge in [-0.1, -0.05) is 18.7 Å². The zero-order valence-corrected chi connectivity index (χ0v) is 8.39. The fourth-order valence-corrected chi connectivity index (χ4v) is 1.35. The third-order valence-electron chi connectivity index (χ3n) is 1.45. The van der Waals surface area contributed by atoms with Crippen LogP contribution in [0, 0.1) is 5.41 Å². The van der Waals surface area contributed by atoms with Crippen LogP contribution >= 0.6 is 11.8 Å². The molecule has 0 aliphatic rings. The lowest BCUT2D eigenvalue weighted by atomic mass is 10.1. The van der Waals surface area contributed by atoms with Crippen molar-refractivity contribution in [1.29, 1.82) is 5.41 Å². The lowest BCUT2D eigenvalue weighted by Crippen LogP contribution is -2.29. The van der Waals surface area contributed by atoms with E-state index in [1.54, 1.807) is 0 Å². The maximum Gasteiger partial charge on any atom is 0.205 e. The minimum Gasteiger partial charge on any atom is -0.321 e. The summed E-state index contributed by atoms with van der Waals surface area (Å²) in [7, 11) is 0. The van der Waals surface area contributed by atoms with Gasteiger partial charge >= 0.3 is 0 Å². The topological polar surface area (TPSA) is 84.0 Å². The number of hydrogen-bond acceptors (Lipinski definition) is 5. The van der Waals surface area contributed by atoms with Crippen molar-refractivity contribution in [3.05, 3.63) is 0 Å². The van der Waals surface area contributed by atoms with Gasteiger partial charge in [-0.25, -0.2) is 0 Å². The molecule has 0 heterocycles. The molecule has 0 aliphatic carbocycles. The van der Waals surface area contributed by atoms with Crippen LogP contribution in [-0.2, 0) is 9.59 Å². The van der Waals surface area contributed by atoms with E-state index >= 15 is 0 Å². The molecule has 0 unspecified atom stereocenters. The fraction of sp³-hybridized carbons (Fsp3) is 0.625. The molecular weight excluding hydrogens is 188 g/mol. The molecule has 1 atom stereocenters. The van der Waals surface area contributed by atoms with Crippen LogP contribution in [0.1, 0.15) is 19.8 Å². The number of thioether (sulfide) groups is 1. The summed E-state index contributed by atoms with van der Waals surface area (Å²) in [6.07, 6.45) is 1.27. The molecule has 0 aliphatic heterocycles. The molecule has 0 spiro atoms. The van der Waals surface area contributed by atoms with Crippen LogP contribution in [0.4, 0.5) is 0 Å². The summed E-state index contributed by atoms with van der Waals surface area (Å²) in [5.74, 6) is 0.412. The van der Waals surface area contributed by atoms with Gasteiger partial charge in [0, 0.05) is 6.42 Å². The van der Waals surface area contributed by atoms with Crippen molar-refractivity contribution in [2.45, 2.75) is 25.8 Å². The zero-order chi connectivity index (χ0) is 10.3. The van der Waals surface area contributed by atoms with Gasteiger partial charge in [0.05, 0.1) is 12.3 Å². The van der Waals surface area contributed by atoms with Crippen molar-refractivity contribution in [2.75, 3.05) is 5.75 Å². The second-order valence-corrected chi connectivity index (χ2v) is 3.78. The third kappa shape index (κ3) is 5.54. The Labute approximate surface area is 81.8 Å². The molecular formula is C8H14N2O2S. The van der Waals surface area contributed by atoms with Gasteiger partial charge in [-0.05, 0) is 12.2 Å². The molecule has 3 N–H and O–H groups in total. The van der Waals surface area contributed by atoms with Gasteiger partial charge in [0.15, 0.2) is 5.78 Å². The second-order valence-electron chi connectivity index (χ2n) is 2.51. The van der Waals surface area contributed by atoms with Crippen LogP contribution in [-0.4, -0.2) is 28.9 Å². The highest BCUT2D eigenvalue weighted by Crippen LogP contribution is 2.07. The average Bonchev–Trinajstić information content (AvgIpc) is 2.13. The second kappa shape index (κ2) is 6.80. The van der Waals surface area contributed by atoms with Gasteiger partial charge in [0.1, 0.15) is 0 Å². The molecule has 74 valence electrons. The lowest BCUT2D eigenvalue weighted by Gasteiger charge is -2.06. The van der Waals surface area contributed by atoms with E-state index in [9.17, 15) is 9.59 Å². The molecule has 0 radical (unpaired) electrons. The maximum absolute atomic E-state index is 11.1. The van der Waals surface area contributed by atoms with Gasteiger partial charge in [0.25, 0.3) is 0 Å². The lowest BCUT2D eigenvalue weighted by molar-refractivity contribution is -0.113. The summed E-state index contributed by atoms with van der Waals surface area (Å²) in [4.78, 5) is 21.8. The number of Topliss-reactive ketones (excluding diaryl/α,β-unsaturated/α-hetero) is 1. The molecule has 0 fully saturated rings. The molecule has 5 heteroatoms. The average molecular weight is 202 g/mol. The Balaban J connectivity index is 3.73. The van der Waals surface area contributed by atoms with Gasteiger partial charge in [-0.15, -0.1) is 0 Å². The predicted octanol–water partition coefficient (Wildman–Crippen LogP) is 0.592. The first-order chi connectivity index (χ1) is 6.11. The van der Waals surface area contributed by atoms with Gasteiger partial charge in [-0.2, -0.15) is 0 Å². The first-order valence-electron chi connectivity index (χ1n) is 4.07. The summed E-state index contributed by atoms with van der Waals surface area (Å²) >= 11 is 1.17.